The Morgan fingerprint density at radius 2 is 2.18 bits per heavy atom. The van der Waals surface area contributed by atoms with Gasteiger partial charge in [0.1, 0.15) is 0 Å². The summed E-state index contributed by atoms with van der Waals surface area (Å²) in [6, 6.07) is 3.63. The molecule has 0 saturated carbocycles. The lowest BCUT2D eigenvalue weighted by molar-refractivity contribution is -0.136. The van der Waals surface area contributed by atoms with Gasteiger partial charge in [0.15, 0.2) is 0 Å². The van der Waals surface area contributed by atoms with Crippen molar-refractivity contribution in [1.29, 1.82) is 0 Å². The van der Waals surface area contributed by atoms with Gasteiger partial charge in [-0.05, 0) is 44.0 Å². The molecule has 4 nitrogen and oxygen atoms in total. The molecule has 1 aliphatic rings. The van der Waals surface area contributed by atoms with Gasteiger partial charge in [-0.15, -0.1) is 0 Å². The maximum atomic E-state index is 13.1. The van der Waals surface area contributed by atoms with Crippen LogP contribution in [0.5, 0.6) is 0 Å². The average Bonchev–Trinajstić information content (AvgIpc) is 2.50. The quantitative estimate of drug-likeness (QED) is 0.926. The van der Waals surface area contributed by atoms with Crippen LogP contribution in [0.1, 0.15) is 18.4 Å². The molecule has 1 aliphatic heterocycles. The molecule has 2 heterocycles. The van der Waals surface area contributed by atoms with E-state index in [9.17, 15) is 18.0 Å². The topological polar surface area (TPSA) is 46.9 Å². The van der Waals surface area contributed by atoms with Crippen molar-refractivity contribution in [2.45, 2.75) is 25.6 Å². The van der Waals surface area contributed by atoms with Crippen molar-refractivity contribution >= 4 is 10.9 Å². The number of alkyl halides is 3. The second-order valence-corrected chi connectivity index (χ2v) is 5.61. The summed E-state index contributed by atoms with van der Waals surface area (Å²) in [6.45, 7) is 2.10. The number of halogens is 3. The van der Waals surface area contributed by atoms with Gasteiger partial charge in [0.2, 0.25) is 0 Å². The summed E-state index contributed by atoms with van der Waals surface area (Å²) in [7, 11) is 0. The number of piperidine rings is 1. The molecule has 1 aromatic carbocycles. The SMILES string of the molecule is O=c1c2c(C(F)(F)F)cccc2ncn1CC1CCCNC1. The maximum Gasteiger partial charge on any atom is 0.417 e. The van der Waals surface area contributed by atoms with E-state index in [1.54, 1.807) is 0 Å². The molecule has 3 rings (SSSR count). The summed E-state index contributed by atoms with van der Waals surface area (Å²) in [5.41, 5.74) is -1.46. The normalized spacial score (nSPS) is 19.5. The Labute approximate surface area is 125 Å². The zero-order valence-corrected chi connectivity index (χ0v) is 11.9. The Morgan fingerprint density at radius 3 is 2.86 bits per heavy atom. The lowest BCUT2D eigenvalue weighted by Crippen LogP contribution is -2.35. The molecule has 0 aliphatic carbocycles. The predicted molar refractivity (Wildman–Crippen MR) is 76.6 cm³/mol. The van der Waals surface area contributed by atoms with Crippen molar-refractivity contribution in [3.8, 4) is 0 Å². The minimum Gasteiger partial charge on any atom is -0.316 e. The summed E-state index contributed by atoms with van der Waals surface area (Å²) in [5, 5.41) is 2.89. The van der Waals surface area contributed by atoms with Crippen LogP contribution in [-0.2, 0) is 12.7 Å². The van der Waals surface area contributed by atoms with Crippen LogP contribution in [0.2, 0.25) is 0 Å². The van der Waals surface area contributed by atoms with Crippen molar-refractivity contribution in [2.24, 2.45) is 5.92 Å². The first-order chi connectivity index (χ1) is 10.5. The van der Waals surface area contributed by atoms with E-state index in [0.29, 0.717) is 6.54 Å². The maximum absolute atomic E-state index is 13.1. The van der Waals surface area contributed by atoms with Crippen LogP contribution in [0.3, 0.4) is 0 Å². The minimum atomic E-state index is -4.56. The number of rotatable bonds is 2. The van der Waals surface area contributed by atoms with E-state index in [0.717, 1.165) is 32.0 Å². The molecule has 1 fully saturated rings. The largest absolute Gasteiger partial charge is 0.417 e. The number of nitrogens with one attached hydrogen (secondary N) is 1. The van der Waals surface area contributed by atoms with Crippen molar-refractivity contribution in [1.82, 2.24) is 14.9 Å². The Kier molecular flexibility index (Phi) is 3.90. The average molecular weight is 311 g/mol. The van der Waals surface area contributed by atoms with Gasteiger partial charge in [-0.3, -0.25) is 9.36 Å². The highest BCUT2D eigenvalue weighted by molar-refractivity contribution is 5.81. The fourth-order valence-electron chi connectivity index (χ4n) is 2.92. The highest BCUT2D eigenvalue weighted by Gasteiger charge is 2.34. The van der Waals surface area contributed by atoms with E-state index in [1.165, 1.54) is 23.0 Å². The molecule has 2 aromatic rings. The summed E-state index contributed by atoms with van der Waals surface area (Å²) in [5.74, 6) is 0.240. The fraction of sp³-hybridized carbons (Fsp3) is 0.467. The molecule has 1 aromatic heterocycles. The predicted octanol–water partition coefficient (Wildman–Crippen LogP) is 2.41. The summed E-state index contributed by atoms with van der Waals surface area (Å²) in [6.07, 6.45) is -1.25. The first-order valence-corrected chi connectivity index (χ1v) is 7.23. The number of hydrogen-bond acceptors (Lipinski definition) is 3. The van der Waals surface area contributed by atoms with Gasteiger partial charge >= 0.3 is 6.18 Å². The number of fused-ring (bicyclic) bond motifs is 1. The third kappa shape index (κ3) is 2.85. The van der Waals surface area contributed by atoms with E-state index in [4.69, 9.17) is 0 Å². The third-order valence-electron chi connectivity index (χ3n) is 4.01. The van der Waals surface area contributed by atoms with Crippen LogP contribution in [0, 0.1) is 5.92 Å². The molecular formula is C15H16F3N3O. The van der Waals surface area contributed by atoms with Crippen molar-refractivity contribution in [2.75, 3.05) is 13.1 Å². The molecule has 0 bridgehead atoms. The van der Waals surface area contributed by atoms with Crippen molar-refractivity contribution < 1.29 is 13.2 Å². The van der Waals surface area contributed by atoms with Gasteiger partial charge in [0, 0.05) is 6.54 Å². The van der Waals surface area contributed by atoms with Crippen LogP contribution in [0.4, 0.5) is 13.2 Å². The smallest absolute Gasteiger partial charge is 0.316 e. The van der Waals surface area contributed by atoms with Crippen LogP contribution < -0.4 is 10.9 Å². The molecule has 0 spiro atoms. The van der Waals surface area contributed by atoms with Gasteiger partial charge in [0.25, 0.3) is 5.56 Å². The highest BCUT2D eigenvalue weighted by Crippen LogP contribution is 2.32. The molecule has 118 valence electrons. The molecule has 22 heavy (non-hydrogen) atoms. The van der Waals surface area contributed by atoms with Gasteiger partial charge in [-0.2, -0.15) is 13.2 Å². The molecular weight excluding hydrogens is 295 g/mol. The molecule has 0 radical (unpaired) electrons. The summed E-state index contributed by atoms with van der Waals surface area (Å²) in [4.78, 5) is 16.5. The van der Waals surface area contributed by atoms with Gasteiger partial charge in [-0.1, -0.05) is 6.07 Å². The molecule has 1 atom stereocenters. The van der Waals surface area contributed by atoms with E-state index in [2.05, 4.69) is 10.3 Å². The first kappa shape index (κ1) is 15.0. The zero-order valence-electron chi connectivity index (χ0n) is 11.9. The van der Waals surface area contributed by atoms with E-state index >= 15 is 0 Å². The number of benzene rings is 1. The second-order valence-electron chi connectivity index (χ2n) is 5.61. The van der Waals surface area contributed by atoms with Crippen LogP contribution in [0.15, 0.2) is 29.3 Å². The van der Waals surface area contributed by atoms with E-state index in [1.807, 2.05) is 0 Å². The first-order valence-electron chi connectivity index (χ1n) is 7.23. The number of aromatic nitrogens is 2. The molecule has 7 heteroatoms. The summed E-state index contributed by atoms with van der Waals surface area (Å²) < 4.78 is 40.6. The van der Waals surface area contributed by atoms with Crippen molar-refractivity contribution in [3.05, 3.63) is 40.4 Å². The lowest BCUT2D eigenvalue weighted by atomic mass is 9.99. The number of hydrogen-bond donors (Lipinski definition) is 1. The monoisotopic (exact) mass is 311 g/mol. The van der Waals surface area contributed by atoms with E-state index < -0.39 is 17.3 Å². The fourth-order valence-corrected chi connectivity index (χ4v) is 2.92. The Bertz CT molecular complexity index is 733. The third-order valence-corrected chi connectivity index (χ3v) is 4.01. The zero-order chi connectivity index (χ0) is 15.7. The number of nitrogens with zero attached hydrogens (tertiary/aromatic N) is 2. The Morgan fingerprint density at radius 1 is 1.36 bits per heavy atom. The molecule has 1 saturated heterocycles. The minimum absolute atomic E-state index is 0.0813. The molecule has 1 unspecified atom stereocenters. The molecule has 0 amide bonds. The lowest BCUT2D eigenvalue weighted by Gasteiger charge is -2.23. The standard InChI is InChI=1S/C15H16F3N3O/c16-15(17,18)11-4-1-5-12-13(11)14(22)21(9-20-12)8-10-3-2-6-19-7-10/h1,4-5,9-10,19H,2-3,6-8H2. The van der Waals surface area contributed by atoms with Crippen LogP contribution in [0.25, 0.3) is 10.9 Å². The van der Waals surface area contributed by atoms with Gasteiger partial charge < -0.3 is 5.32 Å². The van der Waals surface area contributed by atoms with Gasteiger partial charge in [0.05, 0.1) is 22.8 Å². The molecule has 1 N–H and O–H groups in total. The Balaban J connectivity index is 2.06. The van der Waals surface area contributed by atoms with Crippen LogP contribution >= 0.6 is 0 Å². The van der Waals surface area contributed by atoms with Crippen molar-refractivity contribution in [3.63, 3.8) is 0 Å². The van der Waals surface area contributed by atoms with Gasteiger partial charge in [-0.25, -0.2) is 4.98 Å². The summed E-state index contributed by atoms with van der Waals surface area (Å²) >= 11 is 0. The highest BCUT2D eigenvalue weighted by atomic mass is 19.4. The Hall–Kier alpha value is -1.89. The van der Waals surface area contributed by atoms with E-state index in [-0.39, 0.29) is 16.8 Å². The van der Waals surface area contributed by atoms with Crippen LogP contribution in [-0.4, -0.2) is 22.6 Å². The second kappa shape index (κ2) is 5.72.